The minimum absolute atomic E-state index is 0.0299. The van der Waals surface area contributed by atoms with Gasteiger partial charge in [-0.05, 0) is 103 Å². The zero-order valence-corrected chi connectivity index (χ0v) is 35.8. The molecule has 5 heteroatoms. The van der Waals surface area contributed by atoms with Crippen molar-refractivity contribution in [2.24, 2.45) is 0 Å². The highest BCUT2D eigenvalue weighted by Gasteiger charge is 2.17. The summed E-state index contributed by atoms with van der Waals surface area (Å²) in [5.41, 5.74) is 0. The molecule has 0 spiro atoms. The van der Waals surface area contributed by atoms with Crippen LogP contribution in [0.25, 0.3) is 0 Å². The molecular formula is C51H80O5. The van der Waals surface area contributed by atoms with E-state index in [4.69, 9.17) is 14.2 Å². The molecule has 0 aliphatic rings. The Labute approximate surface area is 344 Å². The molecule has 56 heavy (non-hydrogen) atoms. The molecule has 0 fully saturated rings. The van der Waals surface area contributed by atoms with Crippen molar-refractivity contribution in [2.45, 2.75) is 168 Å². The molecule has 0 aromatic carbocycles. The van der Waals surface area contributed by atoms with Crippen LogP contribution in [0.3, 0.4) is 0 Å². The second-order valence-corrected chi connectivity index (χ2v) is 13.8. The largest absolute Gasteiger partial charge is 0.462 e. The van der Waals surface area contributed by atoms with Gasteiger partial charge in [0, 0.05) is 19.4 Å². The maximum absolute atomic E-state index is 12.5. The fourth-order valence-electron chi connectivity index (χ4n) is 5.27. The van der Waals surface area contributed by atoms with Gasteiger partial charge in [0.25, 0.3) is 0 Å². The fourth-order valence-corrected chi connectivity index (χ4v) is 5.27. The Kier molecular flexibility index (Phi) is 42.7. The summed E-state index contributed by atoms with van der Waals surface area (Å²) in [6.07, 6.45) is 63.8. The molecule has 1 unspecified atom stereocenters. The van der Waals surface area contributed by atoms with Crippen molar-refractivity contribution in [3.8, 4) is 0 Å². The van der Waals surface area contributed by atoms with Gasteiger partial charge in [0.2, 0.25) is 0 Å². The molecule has 0 rings (SSSR count). The van der Waals surface area contributed by atoms with Gasteiger partial charge in [0.15, 0.2) is 6.10 Å². The third-order valence-corrected chi connectivity index (χ3v) is 8.49. The molecule has 0 aromatic heterocycles. The molecule has 0 radical (unpaired) electrons. The lowest BCUT2D eigenvalue weighted by Crippen LogP contribution is -2.30. The van der Waals surface area contributed by atoms with E-state index >= 15 is 0 Å². The number of rotatable bonds is 38. The third-order valence-electron chi connectivity index (χ3n) is 8.49. The quantitative estimate of drug-likeness (QED) is 0.0355. The summed E-state index contributed by atoms with van der Waals surface area (Å²) in [6.45, 7) is 7.32. The molecule has 0 aromatic rings. The van der Waals surface area contributed by atoms with E-state index in [-0.39, 0.29) is 25.2 Å². The maximum atomic E-state index is 12.5. The van der Waals surface area contributed by atoms with Gasteiger partial charge in [-0.1, -0.05) is 168 Å². The Hall–Kier alpha value is -3.70. The van der Waals surface area contributed by atoms with E-state index in [0.717, 1.165) is 116 Å². The molecule has 0 N–H and O–H groups in total. The number of carbonyl (C=O) groups is 2. The highest BCUT2D eigenvalue weighted by molar-refractivity contribution is 5.70. The molecule has 0 saturated carbocycles. The first-order chi connectivity index (χ1) is 27.6. The Bertz CT molecular complexity index is 1190. The van der Waals surface area contributed by atoms with Crippen LogP contribution in [0.15, 0.2) is 122 Å². The highest BCUT2D eigenvalue weighted by atomic mass is 16.6. The molecule has 0 saturated heterocycles. The normalized spacial score (nSPS) is 13.4. The van der Waals surface area contributed by atoms with E-state index < -0.39 is 6.10 Å². The van der Waals surface area contributed by atoms with E-state index in [9.17, 15) is 9.59 Å². The van der Waals surface area contributed by atoms with E-state index in [1.807, 2.05) is 0 Å². The lowest BCUT2D eigenvalue weighted by Gasteiger charge is -2.18. The zero-order chi connectivity index (χ0) is 40.7. The summed E-state index contributed by atoms with van der Waals surface area (Å²) in [5, 5.41) is 0. The second-order valence-electron chi connectivity index (χ2n) is 13.8. The summed E-state index contributed by atoms with van der Waals surface area (Å²) >= 11 is 0. The maximum Gasteiger partial charge on any atom is 0.306 e. The molecule has 1 atom stereocenters. The van der Waals surface area contributed by atoms with Crippen LogP contribution in [-0.2, 0) is 23.8 Å². The van der Waals surface area contributed by atoms with Gasteiger partial charge in [-0.15, -0.1) is 0 Å². The second kappa shape index (κ2) is 45.7. The van der Waals surface area contributed by atoms with E-state index in [2.05, 4.69) is 142 Å². The molecule has 0 aliphatic heterocycles. The Morgan fingerprint density at radius 2 is 0.821 bits per heavy atom. The number of unbranched alkanes of at least 4 members (excludes halogenated alkanes) is 7. The van der Waals surface area contributed by atoms with Gasteiger partial charge in [-0.2, -0.15) is 0 Å². The molecule has 0 heterocycles. The minimum Gasteiger partial charge on any atom is -0.462 e. The van der Waals surface area contributed by atoms with Gasteiger partial charge < -0.3 is 14.2 Å². The summed E-state index contributed by atoms with van der Waals surface area (Å²) in [4.78, 5) is 25.0. The fraction of sp³-hybridized carbons (Fsp3) is 0.569. The molecule has 0 bridgehead atoms. The van der Waals surface area contributed by atoms with Crippen molar-refractivity contribution in [3.63, 3.8) is 0 Å². The predicted octanol–water partition coefficient (Wildman–Crippen LogP) is 14.7. The van der Waals surface area contributed by atoms with Gasteiger partial charge in [-0.25, -0.2) is 0 Å². The Morgan fingerprint density at radius 3 is 1.29 bits per heavy atom. The lowest BCUT2D eigenvalue weighted by atomic mass is 10.1. The topological polar surface area (TPSA) is 61.8 Å². The molecular weight excluding hydrogens is 693 g/mol. The van der Waals surface area contributed by atoms with E-state index in [1.54, 1.807) is 0 Å². The van der Waals surface area contributed by atoms with Gasteiger partial charge in [0.05, 0.1) is 6.61 Å². The number of ether oxygens (including phenoxy) is 3. The summed E-state index contributed by atoms with van der Waals surface area (Å²) in [7, 11) is 0. The van der Waals surface area contributed by atoms with Crippen molar-refractivity contribution < 1.29 is 23.8 Å². The Balaban J connectivity index is 4.28. The number of hydrogen-bond acceptors (Lipinski definition) is 5. The van der Waals surface area contributed by atoms with Crippen LogP contribution in [0.1, 0.15) is 162 Å². The summed E-state index contributed by atoms with van der Waals surface area (Å²) in [5.74, 6) is -0.516. The summed E-state index contributed by atoms with van der Waals surface area (Å²) < 4.78 is 17.1. The predicted molar refractivity (Wildman–Crippen MR) is 242 cm³/mol. The SMILES string of the molecule is CC/C=C\C/C=C\C/C=C\C/C=C\C/C=C\CCCCOCC(COC(=O)CCC/C=C\C/C=C\C/C=C\C/C=C\C/C=C\CC)OC(=O)CCCCCCC. The first-order valence-electron chi connectivity index (χ1n) is 22.1. The minimum atomic E-state index is -0.584. The number of allylic oxidation sites excluding steroid dienone is 20. The van der Waals surface area contributed by atoms with Crippen LogP contribution in [0.5, 0.6) is 0 Å². The number of carbonyl (C=O) groups excluding carboxylic acids is 2. The molecule has 314 valence electrons. The molecule has 5 nitrogen and oxygen atoms in total. The summed E-state index contributed by atoms with van der Waals surface area (Å²) in [6, 6.07) is 0. The van der Waals surface area contributed by atoms with Crippen molar-refractivity contribution in [1.29, 1.82) is 0 Å². The van der Waals surface area contributed by atoms with Crippen LogP contribution >= 0.6 is 0 Å². The molecule has 0 amide bonds. The van der Waals surface area contributed by atoms with Crippen LogP contribution in [0.2, 0.25) is 0 Å². The highest BCUT2D eigenvalue weighted by Crippen LogP contribution is 2.09. The molecule has 0 aliphatic carbocycles. The smallest absolute Gasteiger partial charge is 0.306 e. The van der Waals surface area contributed by atoms with Crippen molar-refractivity contribution >= 4 is 11.9 Å². The first-order valence-corrected chi connectivity index (χ1v) is 22.1. The average Bonchev–Trinajstić information content (AvgIpc) is 3.20. The third kappa shape index (κ3) is 43.0. The van der Waals surface area contributed by atoms with Crippen LogP contribution in [-0.4, -0.2) is 37.9 Å². The van der Waals surface area contributed by atoms with E-state index in [1.165, 1.54) is 12.8 Å². The van der Waals surface area contributed by atoms with Gasteiger partial charge in [0.1, 0.15) is 6.61 Å². The number of hydrogen-bond donors (Lipinski definition) is 0. The average molecular weight is 773 g/mol. The van der Waals surface area contributed by atoms with Crippen molar-refractivity contribution in [3.05, 3.63) is 122 Å². The number of esters is 2. The van der Waals surface area contributed by atoms with Crippen molar-refractivity contribution in [2.75, 3.05) is 19.8 Å². The van der Waals surface area contributed by atoms with Gasteiger partial charge >= 0.3 is 11.9 Å². The standard InChI is InChI=1S/C51H80O5/c1-4-7-10-13-15-17-19-21-23-25-27-29-31-33-35-37-40-43-46-54-47-49(56-51(53)45-42-38-12-9-6-3)48-55-50(52)44-41-39-36-34-32-30-28-26-24-22-20-18-16-14-11-8-5-2/h7-8,10-11,15-18,21-24,27-30,33-36,49H,4-6,9,12-14,19-20,25-26,31-32,37-48H2,1-3H3/b10-7-,11-8-,17-15-,18-16-,23-21-,24-22-,29-27-,30-28-,35-33-,36-34-. The lowest BCUT2D eigenvalue weighted by molar-refractivity contribution is -0.163. The van der Waals surface area contributed by atoms with Crippen LogP contribution in [0, 0.1) is 0 Å². The zero-order valence-electron chi connectivity index (χ0n) is 35.8. The van der Waals surface area contributed by atoms with Gasteiger partial charge in [-0.3, -0.25) is 9.59 Å². The van der Waals surface area contributed by atoms with Crippen molar-refractivity contribution in [1.82, 2.24) is 0 Å². The monoisotopic (exact) mass is 773 g/mol. The van der Waals surface area contributed by atoms with E-state index in [0.29, 0.717) is 19.4 Å². The Morgan fingerprint density at radius 1 is 0.411 bits per heavy atom. The van der Waals surface area contributed by atoms with Crippen LogP contribution < -0.4 is 0 Å². The van der Waals surface area contributed by atoms with Crippen LogP contribution in [0.4, 0.5) is 0 Å². The first kappa shape index (κ1) is 52.3.